The third-order valence-electron chi connectivity index (χ3n) is 6.73. The van der Waals surface area contributed by atoms with Crippen molar-refractivity contribution in [2.45, 2.75) is 26.7 Å². The van der Waals surface area contributed by atoms with E-state index in [-0.39, 0.29) is 70.5 Å². The number of carbonyl (C=O) groups excluding carboxylic acids is 4. The van der Waals surface area contributed by atoms with Crippen molar-refractivity contribution in [3.63, 3.8) is 0 Å². The summed E-state index contributed by atoms with van der Waals surface area (Å²) in [4.78, 5) is 64.5. The summed E-state index contributed by atoms with van der Waals surface area (Å²) in [6, 6.07) is 14.6. The number of nitrogens with zero attached hydrogens (tertiary/aromatic N) is 1. The first-order chi connectivity index (χ1) is 14.3. The molecule has 3 unspecified atom stereocenters. The Morgan fingerprint density at radius 1 is 1.03 bits per heavy atom. The van der Waals surface area contributed by atoms with Crippen LogP contribution >= 0.6 is 7.92 Å². The molecule has 0 aromatic heterocycles. The van der Waals surface area contributed by atoms with E-state index < -0.39 is 47.3 Å². The number of rotatable bonds is 6. The number of nitroso groups, excluding NO2 is 1. The summed E-state index contributed by atoms with van der Waals surface area (Å²) in [5.41, 5.74) is -3.38. The van der Waals surface area contributed by atoms with Gasteiger partial charge in [-0.2, -0.15) is 0 Å². The second kappa shape index (κ2) is 8.97. The largest absolute Gasteiger partial charge is 1.00 e. The smallest absolute Gasteiger partial charge is 1.00 e. The molecule has 4 rings (SSSR count). The van der Waals surface area contributed by atoms with Crippen LogP contribution in [0.15, 0.2) is 59.8 Å². The van der Waals surface area contributed by atoms with Gasteiger partial charge in [-0.1, -0.05) is 56.3 Å². The Morgan fingerprint density at radius 3 is 2.23 bits per heavy atom. The Labute approximate surface area is 225 Å². The molecule has 2 aliphatic rings. The zero-order valence-corrected chi connectivity index (χ0v) is 21.6. The minimum absolute atomic E-state index is 0. The van der Waals surface area contributed by atoms with Crippen molar-refractivity contribution in [1.29, 1.82) is 0 Å². The molecule has 0 aliphatic heterocycles. The van der Waals surface area contributed by atoms with E-state index >= 15 is 0 Å². The van der Waals surface area contributed by atoms with Crippen LogP contribution in [0.4, 0.5) is 5.69 Å². The first-order valence-corrected chi connectivity index (χ1v) is 11.1. The van der Waals surface area contributed by atoms with Crippen LogP contribution in [0.3, 0.4) is 0 Å². The minimum atomic E-state index is -2.17. The maximum absolute atomic E-state index is 14.0. The molecule has 0 heterocycles. The van der Waals surface area contributed by atoms with Crippen molar-refractivity contribution in [2.24, 2.45) is 21.9 Å². The molecule has 2 aromatic carbocycles. The maximum Gasteiger partial charge on any atom is 1.00 e. The van der Waals surface area contributed by atoms with Gasteiger partial charge in [-0.05, 0) is 40.9 Å². The van der Waals surface area contributed by atoms with Crippen molar-refractivity contribution in [2.75, 3.05) is 0 Å². The number of ketones is 2. The van der Waals surface area contributed by atoms with Crippen molar-refractivity contribution >= 4 is 41.5 Å². The number of Topliss-reactive ketones (excluding diaryl/α,β-unsaturated/α-hetero) is 2. The van der Waals surface area contributed by atoms with Gasteiger partial charge in [-0.3, -0.25) is 19.2 Å². The summed E-state index contributed by atoms with van der Waals surface area (Å²) in [5.74, 6) is -1.68. The van der Waals surface area contributed by atoms with Gasteiger partial charge >= 0.3 is 51.4 Å². The molecule has 0 spiro atoms. The van der Waals surface area contributed by atoms with Crippen LogP contribution in [0.2, 0.25) is 0 Å². The van der Waals surface area contributed by atoms with Crippen LogP contribution < -0.4 is 56.7 Å². The van der Waals surface area contributed by atoms with Crippen LogP contribution in [0.1, 0.15) is 38.5 Å². The van der Waals surface area contributed by atoms with Gasteiger partial charge in [0.05, 0.1) is 13.5 Å². The van der Waals surface area contributed by atoms with Gasteiger partial charge in [0.1, 0.15) is 11.1 Å². The number of benzene rings is 2. The second-order valence-electron chi connectivity index (χ2n) is 8.30. The third-order valence-corrected chi connectivity index (χ3v) is 8.98. The molecule has 2 aliphatic carbocycles. The second-order valence-corrected chi connectivity index (χ2v) is 10.3. The summed E-state index contributed by atoms with van der Waals surface area (Å²) in [5, 5.41) is 3.42. The third kappa shape index (κ3) is 3.50. The molecule has 2 fully saturated rings. The van der Waals surface area contributed by atoms with Crippen LogP contribution in [-0.4, -0.2) is 22.6 Å². The Hall–Kier alpha value is -1.21. The summed E-state index contributed by atoms with van der Waals surface area (Å²) in [6.07, 6.45) is 0.725. The number of hydrogen-bond donors (Lipinski definition) is 0. The predicted molar refractivity (Wildman–Crippen MR) is 114 cm³/mol. The molecule has 154 valence electrons. The first-order valence-electron chi connectivity index (χ1n) is 9.72. The molecule has 0 radical (unpaired) electrons. The molecule has 0 saturated heterocycles. The molecule has 0 amide bonds. The molecule has 8 heteroatoms. The quantitative estimate of drug-likeness (QED) is 0.212. The maximum atomic E-state index is 14.0. The summed E-state index contributed by atoms with van der Waals surface area (Å²) >= 11 is 0. The zero-order valence-electron chi connectivity index (χ0n) is 18.6. The fourth-order valence-corrected chi connectivity index (χ4v) is 7.44. The standard InChI is InChI=1S/C23H20NO5P.K.H/c1-22(2)16-12-13-23(22,19(26)18(16)25)21(28)30(14-8-4-3-5-9-14)20(27)15-10-6-7-11-17(15)24-29;;/h3-11,16H,12-13H2,1-2H3;;/q;+1;-1. The van der Waals surface area contributed by atoms with Gasteiger partial charge in [0, 0.05) is 5.92 Å². The van der Waals surface area contributed by atoms with E-state index in [0.717, 1.165) is 0 Å². The molecule has 6 nitrogen and oxygen atoms in total. The van der Waals surface area contributed by atoms with Crippen molar-refractivity contribution in [1.82, 2.24) is 0 Å². The van der Waals surface area contributed by atoms with E-state index in [1.165, 1.54) is 12.1 Å². The Bertz CT molecular complexity index is 1110. The molecular weight excluding hydrogens is 440 g/mol. The van der Waals surface area contributed by atoms with E-state index in [1.54, 1.807) is 56.3 Å². The van der Waals surface area contributed by atoms with Crippen molar-refractivity contribution in [3.05, 3.63) is 65.1 Å². The van der Waals surface area contributed by atoms with Gasteiger partial charge < -0.3 is 1.43 Å². The number of hydrogen-bond acceptors (Lipinski definition) is 6. The average Bonchev–Trinajstić information content (AvgIpc) is 3.11. The van der Waals surface area contributed by atoms with Gasteiger partial charge in [-0.25, -0.2) is 0 Å². The summed E-state index contributed by atoms with van der Waals surface area (Å²) in [7, 11) is -2.17. The van der Waals surface area contributed by atoms with E-state index in [2.05, 4.69) is 5.18 Å². The Balaban J connectivity index is 0.00000181. The van der Waals surface area contributed by atoms with Gasteiger partial charge in [0.15, 0.2) is 11.0 Å². The fourth-order valence-electron chi connectivity index (χ4n) is 5.00. The summed E-state index contributed by atoms with van der Waals surface area (Å²) < 4.78 is 0. The molecular formula is C23H21KNO5P. The molecule has 31 heavy (non-hydrogen) atoms. The van der Waals surface area contributed by atoms with Crippen molar-refractivity contribution in [3.8, 4) is 0 Å². The van der Waals surface area contributed by atoms with E-state index in [1.807, 2.05) is 0 Å². The molecule has 3 atom stereocenters. The molecule has 2 bridgehead atoms. The van der Waals surface area contributed by atoms with Gasteiger partial charge in [0.2, 0.25) is 11.6 Å². The van der Waals surface area contributed by atoms with Crippen LogP contribution in [-0.2, 0) is 14.4 Å². The predicted octanol–water partition coefficient (Wildman–Crippen LogP) is 1.25. The van der Waals surface area contributed by atoms with Crippen molar-refractivity contribution < 1.29 is 72.0 Å². The van der Waals surface area contributed by atoms with E-state index in [0.29, 0.717) is 11.7 Å². The van der Waals surface area contributed by atoms with Gasteiger partial charge in [0.25, 0.3) is 0 Å². The van der Waals surface area contributed by atoms with Crippen LogP contribution in [0.5, 0.6) is 0 Å². The molecule has 2 aromatic rings. The fraction of sp³-hybridized carbons (Fsp3) is 0.304. The monoisotopic (exact) mass is 461 g/mol. The number of carbonyl (C=O) groups is 4. The molecule has 2 saturated carbocycles. The SMILES string of the molecule is CC1(C)C2CCC1(C(=O)P(C(=O)c1ccccc1N=O)c1ccccc1)C(=O)C2=O.[H-].[K+]. The van der Waals surface area contributed by atoms with Crippen LogP contribution in [0.25, 0.3) is 0 Å². The molecule has 0 N–H and O–H groups in total. The Morgan fingerprint density at radius 2 is 1.65 bits per heavy atom. The zero-order chi connectivity index (χ0) is 21.7. The van der Waals surface area contributed by atoms with Gasteiger partial charge in [-0.15, -0.1) is 4.91 Å². The number of fused-ring (bicyclic) bond motifs is 2. The summed E-state index contributed by atoms with van der Waals surface area (Å²) in [6.45, 7) is 3.55. The normalized spacial score (nSPS) is 24.4. The first kappa shape index (κ1) is 24.4. The van der Waals surface area contributed by atoms with Crippen LogP contribution in [0, 0.1) is 21.7 Å². The average molecular weight is 461 g/mol. The van der Waals surface area contributed by atoms with E-state index in [9.17, 15) is 24.1 Å². The Kier molecular flexibility index (Phi) is 7.07. The van der Waals surface area contributed by atoms with E-state index in [4.69, 9.17) is 0 Å². The minimum Gasteiger partial charge on any atom is -1.00 e. The topological polar surface area (TPSA) is 97.7 Å².